The number of carbonyl (C=O) groups excluding carboxylic acids is 1. The average molecular weight is 267 g/mol. The molecular formula is C13H21N3O3. The van der Waals surface area contributed by atoms with E-state index in [0.29, 0.717) is 13.0 Å². The largest absolute Gasteiger partial charge is 0.481 e. The number of rotatable bonds is 2. The van der Waals surface area contributed by atoms with Crippen LogP contribution in [-0.4, -0.2) is 65.7 Å². The van der Waals surface area contributed by atoms with Crippen LogP contribution in [0.3, 0.4) is 0 Å². The number of carboxylic acid groups (broad SMARTS) is 1. The van der Waals surface area contributed by atoms with Gasteiger partial charge in [-0.15, -0.1) is 0 Å². The van der Waals surface area contributed by atoms with Crippen molar-refractivity contribution in [3.8, 4) is 0 Å². The van der Waals surface area contributed by atoms with E-state index in [0.717, 1.165) is 13.1 Å². The molecule has 1 saturated heterocycles. The van der Waals surface area contributed by atoms with Crippen LogP contribution in [0.4, 0.5) is 4.79 Å². The number of likely N-dealkylation sites (N-methyl/N-ethyl adjacent to an activating group) is 1. The van der Waals surface area contributed by atoms with Gasteiger partial charge in [0.05, 0.1) is 12.0 Å². The summed E-state index contributed by atoms with van der Waals surface area (Å²) in [4.78, 5) is 27.0. The van der Waals surface area contributed by atoms with E-state index in [-0.39, 0.29) is 18.1 Å². The Kier molecular flexibility index (Phi) is 4.09. The Hall–Kier alpha value is -1.56. The number of carboxylic acids is 1. The molecule has 6 heteroatoms. The van der Waals surface area contributed by atoms with E-state index < -0.39 is 11.9 Å². The van der Waals surface area contributed by atoms with Crippen LogP contribution in [0.25, 0.3) is 0 Å². The Balaban J connectivity index is 1.85. The predicted octanol–water partition coefficient (Wildman–Crippen LogP) is 0.361. The molecule has 19 heavy (non-hydrogen) atoms. The summed E-state index contributed by atoms with van der Waals surface area (Å²) in [5, 5.41) is 11.8. The zero-order valence-electron chi connectivity index (χ0n) is 11.4. The second kappa shape index (κ2) is 5.61. The van der Waals surface area contributed by atoms with Crippen molar-refractivity contribution < 1.29 is 14.7 Å². The van der Waals surface area contributed by atoms with Crippen molar-refractivity contribution in [2.24, 2.45) is 5.92 Å². The molecule has 106 valence electrons. The lowest BCUT2D eigenvalue weighted by Crippen LogP contribution is -2.56. The number of hydrogen-bond donors (Lipinski definition) is 2. The Morgan fingerprint density at radius 2 is 2.05 bits per heavy atom. The third-order valence-corrected chi connectivity index (χ3v) is 3.80. The average Bonchev–Trinajstić information content (AvgIpc) is 2.77. The van der Waals surface area contributed by atoms with E-state index in [4.69, 9.17) is 5.11 Å². The highest BCUT2D eigenvalue weighted by Gasteiger charge is 2.29. The van der Waals surface area contributed by atoms with Crippen molar-refractivity contribution in [3.05, 3.63) is 12.2 Å². The number of hydrogen-bond acceptors (Lipinski definition) is 3. The lowest BCUT2D eigenvalue weighted by atomic mass is 10.1. The minimum atomic E-state index is -0.832. The first kappa shape index (κ1) is 13.9. The van der Waals surface area contributed by atoms with Crippen LogP contribution in [0.15, 0.2) is 12.2 Å². The van der Waals surface area contributed by atoms with Crippen LogP contribution in [0.5, 0.6) is 0 Å². The number of amides is 2. The van der Waals surface area contributed by atoms with E-state index in [1.54, 1.807) is 12.2 Å². The Morgan fingerprint density at radius 1 is 1.32 bits per heavy atom. The van der Waals surface area contributed by atoms with Gasteiger partial charge in [0.15, 0.2) is 0 Å². The van der Waals surface area contributed by atoms with Crippen LogP contribution < -0.4 is 5.32 Å². The fourth-order valence-electron chi connectivity index (χ4n) is 2.67. The molecule has 3 atom stereocenters. The monoisotopic (exact) mass is 267 g/mol. The SMILES string of the molecule is CC1CN(C)CCN1C(=O)NC1C=CC(C(=O)O)C1. The van der Waals surface area contributed by atoms with Crippen LogP contribution >= 0.6 is 0 Å². The first-order valence-electron chi connectivity index (χ1n) is 6.64. The van der Waals surface area contributed by atoms with Crippen molar-refractivity contribution in [1.29, 1.82) is 0 Å². The normalized spacial score (nSPS) is 31.5. The minimum absolute atomic E-state index is 0.0960. The molecule has 0 aromatic heterocycles. The van der Waals surface area contributed by atoms with E-state index in [2.05, 4.69) is 10.2 Å². The van der Waals surface area contributed by atoms with Crippen LogP contribution in [0.1, 0.15) is 13.3 Å². The molecule has 2 N–H and O–H groups in total. The maximum absolute atomic E-state index is 12.2. The molecule has 2 rings (SSSR count). The summed E-state index contributed by atoms with van der Waals surface area (Å²) in [6, 6.07) is -0.0823. The van der Waals surface area contributed by atoms with Gasteiger partial charge in [-0.3, -0.25) is 4.79 Å². The van der Waals surface area contributed by atoms with Gasteiger partial charge in [-0.25, -0.2) is 4.79 Å². The zero-order chi connectivity index (χ0) is 14.0. The molecule has 1 heterocycles. The number of nitrogens with zero attached hydrogens (tertiary/aromatic N) is 2. The molecule has 2 aliphatic rings. The van der Waals surface area contributed by atoms with Crippen molar-refractivity contribution in [3.63, 3.8) is 0 Å². The Labute approximate surface area is 113 Å². The first-order chi connectivity index (χ1) is 8.97. The quantitative estimate of drug-likeness (QED) is 0.709. The highest BCUT2D eigenvalue weighted by molar-refractivity contribution is 5.76. The van der Waals surface area contributed by atoms with Gasteiger partial charge in [0.2, 0.25) is 0 Å². The summed E-state index contributed by atoms with van der Waals surface area (Å²) >= 11 is 0. The molecule has 0 radical (unpaired) electrons. The van der Waals surface area contributed by atoms with E-state index >= 15 is 0 Å². The highest BCUT2D eigenvalue weighted by Crippen LogP contribution is 2.18. The number of urea groups is 1. The molecule has 0 bridgehead atoms. The lowest BCUT2D eigenvalue weighted by Gasteiger charge is -2.38. The zero-order valence-corrected chi connectivity index (χ0v) is 11.4. The molecule has 1 fully saturated rings. The van der Waals surface area contributed by atoms with Gasteiger partial charge in [-0.2, -0.15) is 0 Å². The molecule has 0 aromatic carbocycles. The first-order valence-corrected chi connectivity index (χ1v) is 6.64. The second-order valence-electron chi connectivity index (χ2n) is 5.43. The molecule has 3 unspecified atom stereocenters. The fraction of sp³-hybridized carbons (Fsp3) is 0.692. The van der Waals surface area contributed by atoms with Gasteiger partial charge in [0.1, 0.15) is 0 Å². The number of aliphatic carboxylic acids is 1. The Bertz CT molecular complexity index is 397. The van der Waals surface area contributed by atoms with Gasteiger partial charge in [-0.1, -0.05) is 12.2 Å². The van der Waals surface area contributed by atoms with Gasteiger partial charge < -0.3 is 20.2 Å². The van der Waals surface area contributed by atoms with Crippen LogP contribution in [-0.2, 0) is 4.79 Å². The smallest absolute Gasteiger partial charge is 0.318 e. The highest BCUT2D eigenvalue weighted by atomic mass is 16.4. The summed E-state index contributed by atoms with van der Waals surface area (Å²) in [7, 11) is 2.04. The maximum Gasteiger partial charge on any atom is 0.318 e. The third-order valence-electron chi connectivity index (χ3n) is 3.80. The van der Waals surface area contributed by atoms with E-state index in [9.17, 15) is 9.59 Å². The van der Waals surface area contributed by atoms with Gasteiger partial charge in [0.25, 0.3) is 0 Å². The topological polar surface area (TPSA) is 72.9 Å². The molecule has 0 spiro atoms. The summed E-state index contributed by atoms with van der Waals surface area (Å²) in [6.45, 7) is 4.48. The van der Waals surface area contributed by atoms with Crippen molar-refractivity contribution >= 4 is 12.0 Å². The van der Waals surface area contributed by atoms with E-state index in [1.807, 2.05) is 18.9 Å². The summed E-state index contributed by atoms with van der Waals surface area (Å²) in [5.74, 6) is -1.31. The van der Waals surface area contributed by atoms with Crippen molar-refractivity contribution in [2.75, 3.05) is 26.7 Å². The fourth-order valence-corrected chi connectivity index (χ4v) is 2.67. The summed E-state index contributed by atoms with van der Waals surface area (Å²) in [5.41, 5.74) is 0. The molecular weight excluding hydrogens is 246 g/mol. The number of nitrogens with one attached hydrogen (secondary N) is 1. The maximum atomic E-state index is 12.2. The van der Waals surface area contributed by atoms with Gasteiger partial charge in [-0.05, 0) is 20.4 Å². The molecule has 1 aliphatic carbocycles. The second-order valence-corrected chi connectivity index (χ2v) is 5.43. The van der Waals surface area contributed by atoms with Gasteiger partial charge in [0, 0.05) is 25.7 Å². The van der Waals surface area contributed by atoms with Crippen molar-refractivity contribution in [1.82, 2.24) is 15.1 Å². The third kappa shape index (κ3) is 3.26. The predicted molar refractivity (Wildman–Crippen MR) is 70.9 cm³/mol. The molecule has 0 aromatic rings. The number of piperazine rings is 1. The lowest BCUT2D eigenvalue weighted by molar-refractivity contribution is -0.140. The standard InChI is InChI=1S/C13H21N3O3/c1-9-8-15(2)5-6-16(9)13(19)14-11-4-3-10(7-11)12(17)18/h3-4,9-11H,5-8H2,1-2H3,(H,14,19)(H,17,18). The minimum Gasteiger partial charge on any atom is -0.481 e. The van der Waals surface area contributed by atoms with Gasteiger partial charge >= 0.3 is 12.0 Å². The summed E-state index contributed by atoms with van der Waals surface area (Å²) < 4.78 is 0. The molecule has 0 saturated carbocycles. The molecule has 6 nitrogen and oxygen atoms in total. The number of carbonyl (C=O) groups is 2. The van der Waals surface area contributed by atoms with Crippen LogP contribution in [0, 0.1) is 5.92 Å². The molecule has 2 amide bonds. The molecule has 1 aliphatic heterocycles. The Morgan fingerprint density at radius 3 is 2.63 bits per heavy atom. The summed E-state index contributed by atoms with van der Waals surface area (Å²) in [6.07, 6.45) is 3.88. The van der Waals surface area contributed by atoms with Crippen molar-refractivity contribution in [2.45, 2.75) is 25.4 Å². The van der Waals surface area contributed by atoms with Crippen LogP contribution in [0.2, 0.25) is 0 Å². The van der Waals surface area contributed by atoms with E-state index in [1.165, 1.54) is 0 Å².